The lowest BCUT2D eigenvalue weighted by molar-refractivity contribution is -0.139. The zero-order valence-electron chi connectivity index (χ0n) is 12.9. The van der Waals surface area contributed by atoms with Gasteiger partial charge in [-0.25, -0.2) is 9.97 Å². The summed E-state index contributed by atoms with van der Waals surface area (Å²) in [6, 6.07) is 7.81. The fourth-order valence-electron chi connectivity index (χ4n) is 2.58. The Labute approximate surface area is 135 Å². The van der Waals surface area contributed by atoms with Gasteiger partial charge in [-0.3, -0.25) is 4.79 Å². The van der Waals surface area contributed by atoms with E-state index in [0.717, 1.165) is 17.5 Å². The Morgan fingerprint density at radius 2 is 1.86 bits per heavy atom. The van der Waals surface area contributed by atoms with Crippen molar-refractivity contribution in [3.8, 4) is 11.3 Å². The summed E-state index contributed by atoms with van der Waals surface area (Å²) in [7, 11) is 0. The molecule has 0 bridgehead atoms. The number of carbonyl (C=O) groups is 1. The molecule has 0 aliphatic carbocycles. The van der Waals surface area contributed by atoms with E-state index in [1.54, 1.807) is 6.92 Å². The highest BCUT2D eigenvalue weighted by atomic mass is 35.5. The van der Waals surface area contributed by atoms with Crippen LogP contribution in [0, 0.1) is 13.8 Å². The van der Waals surface area contributed by atoms with Crippen LogP contribution in [0.15, 0.2) is 24.3 Å². The second-order valence-corrected chi connectivity index (χ2v) is 5.72. The third-order valence-electron chi connectivity index (χ3n) is 3.66. The van der Waals surface area contributed by atoms with Gasteiger partial charge in [-0.1, -0.05) is 43.2 Å². The molecular formula is C17H19ClN2O2. The summed E-state index contributed by atoms with van der Waals surface area (Å²) in [5, 5.41) is 9.72. The summed E-state index contributed by atoms with van der Waals surface area (Å²) in [5.41, 5.74) is 3.87. The second-order valence-electron chi connectivity index (χ2n) is 5.39. The Bertz CT molecular complexity index is 684. The molecule has 0 aliphatic rings. The topological polar surface area (TPSA) is 63.1 Å². The Kier molecular flexibility index (Phi) is 5.14. The molecule has 1 unspecified atom stereocenters. The predicted octanol–water partition coefficient (Wildman–Crippen LogP) is 4.38. The van der Waals surface area contributed by atoms with Crippen LogP contribution in [0.2, 0.25) is 5.28 Å². The minimum Gasteiger partial charge on any atom is -0.481 e. The molecule has 2 rings (SSSR count). The van der Waals surface area contributed by atoms with Crippen LogP contribution >= 0.6 is 11.6 Å². The first-order valence-corrected chi connectivity index (χ1v) is 7.65. The second kappa shape index (κ2) is 6.88. The van der Waals surface area contributed by atoms with Gasteiger partial charge in [0.05, 0.1) is 11.6 Å². The molecule has 4 nitrogen and oxygen atoms in total. The lowest BCUT2D eigenvalue weighted by Gasteiger charge is -2.18. The summed E-state index contributed by atoms with van der Waals surface area (Å²) in [5.74, 6) is -1.48. The van der Waals surface area contributed by atoms with E-state index >= 15 is 0 Å². The predicted molar refractivity (Wildman–Crippen MR) is 87.2 cm³/mol. The molecule has 1 aromatic heterocycles. The zero-order valence-corrected chi connectivity index (χ0v) is 13.7. The standard InChI is InChI=1S/C17H19ClN2O2/c1-4-5-13(16(21)22)14-11(3)19-17(18)20-15(14)12-8-6-10(2)7-9-12/h6-9,13H,4-5H2,1-3H3,(H,21,22). The van der Waals surface area contributed by atoms with Gasteiger partial charge in [0.15, 0.2) is 0 Å². The van der Waals surface area contributed by atoms with Crippen molar-refractivity contribution in [1.29, 1.82) is 0 Å². The van der Waals surface area contributed by atoms with Crippen molar-refractivity contribution in [2.24, 2.45) is 0 Å². The molecule has 0 radical (unpaired) electrons. The molecule has 5 heteroatoms. The zero-order chi connectivity index (χ0) is 16.3. The van der Waals surface area contributed by atoms with Gasteiger partial charge in [-0.05, 0) is 31.9 Å². The third kappa shape index (κ3) is 3.45. The number of aliphatic carboxylic acids is 1. The van der Waals surface area contributed by atoms with E-state index in [1.807, 2.05) is 38.1 Å². The number of carboxylic acid groups (broad SMARTS) is 1. The normalized spacial score (nSPS) is 12.2. The van der Waals surface area contributed by atoms with Gasteiger partial charge in [-0.2, -0.15) is 0 Å². The quantitative estimate of drug-likeness (QED) is 0.831. The molecular weight excluding hydrogens is 300 g/mol. The van der Waals surface area contributed by atoms with E-state index in [9.17, 15) is 9.90 Å². The Morgan fingerprint density at radius 3 is 2.41 bits per heavy atom. The molecule has 116 valence electrons. The van der Waals surface area contributed by atoms with Gasteiger partial charge in [0.25, 0.3) is 0 Å². The van der Waals surface area contributed by atoms with Crippen molar-refractivity contribution in [2.45, 2.75) is 39.5 Å². The average molecular weight is 319 g/mol. The number of aryl methyl sites for hydroxylation is 2. The van der Waals surface area contributed by atoms with Gasteiger partial charge < -0.3 is 5.11 Å². The van der Waals surface area contributed by atoms with Crippen LogP contribution in [0.25, 0.3) is 11.3 Å². The number of halogens is 1. The van der Waals surface area contributed by atoms with Gasteiger partial charge >= 0.3 is 5.97 Å². The van der Waals surface area contributed by atoms with E-state index < -0.39 is 11.9 Å². The fraction of sp³-hybridized carbons (Fsp3) is 0.353. The van der Waals surface area contributed by atoms with Crippen molar-refractivity contribution in [2.75, 3.05) is 0 Å². The maximum absolute atomic E-state index is 11.7. The summed E-state index contributed by atoms with van der Waals surface area (Å²) in [6.07, 6.45) is 1.31. The van der Waals surface area contributed by atoms with Crippen LogP contribution in [0.3, 0.4) is 0 Å². The largest absolute Gasteiger partial charge is 0.481 e. The molecule has 2 aromatic rings. The number of carboxylic acids is 1. The van der Waals surface area contributed by atoms with Crippen LogP contribution in [-0.4, -0.2) is 21.0 Å². The van der Waals surface area contributed by atoms with Crippen LogP contribution in [0.5, 0.6) is 0 Å². The van der Waals surface area contributed by atoms with Crippen molar-refractivity contribution in [1.82, 2.24) is 9.97 Å². The summed E-state index contributed by atoms with van der Waals surface area (Å²) < 4.78 is 0. The molecule has 22 heavy (non-hydrogen) atoms. The van der Waals surface area contributed by atoms with Crippen LogP contribution < -0.4 is 0 Å². The van der Waals surface area contributed by atoms with Crippen LogP contribution in [-0.2, 0) is 4.79 Å². The number of nitrogens with zero attached hydrogens (tertiary/aromatic N) is 2. The molecule has 0 saturated heterocycles. The monoisotopic (exact) mass is 318 g/mol. The number of benzene rings is 1. The van der Waals surface area contributed by atoms with E-state index in [-0.39, 0.29) is 5.28 Å². The van der Waals surface area contributed by atoms with Gasteiger partial charge in [0.2, 0.25) is 5.28 Å². The van der Waals surface area contributed by atoms with Gasteiger partial charge in [0.1, 0.15) is 0 Å². The number of hydrogen-bond donors (Lipinski definition) is 1. The summed E-state index contributed by atoms with van der Waals surface area (Å²) in [6.45, 7) is 5.75. The van der Waals surface area contributed by atoms with Crippen molar-refractivity contribution >= 4 is 17.6 Å². The van der Waals surface area contributed by atoms with Gasteiger partial charge in [0, 0.05) is 16.8 Å². The Morgan fingerprint density at radius 1 is 1.23 bits per heavy atom. The smallest absolute Gasteiger partial charge is 0.311 e. The molecule has 1 N–H and O–H groups in total. The molecule has 0 aliphatic heterocycles. The third-order valence-corrected chi connectivity index (χ3v) is 3.83. The summed E-state index contributed by atoms with van der Waals surface area (Å²) >= 11 is 5.99. The van der Waals surface area contributed by atoms with E-state index in [2.05, 4.69) is 9.97 Å². The highest BCUT2D eigenvalue weighted by Gasteiger charge is 2.26. The van der Waals surface area contributed by atoms with Crippen LogP contribution in [0.4, 0.5) is 0 Å². The van der Waals surface area contributed by atoms with Gasteiger partial charge in [-0.15, -0.1) is 0 Å². The van der Waals surface area contributed by atoms with Crippen molar-refractivity contribution in [3.63, 3.8) is 0 Å². The number of aromatic nitrogens is 2. The number of hydrogen-bond acceptors (Lipinski definition) is 3. The first-order valence-electron chi connectivity index (χ1n) is 7.28. The molecule has 0 fully saturated rings. The fourth-order valence-corrected chi connectivity index (χ4v) is 2.79. The summed E-state index contributed by atoms with van der Waals surface area (Å²) in [4.78, 5) is 20.1. The average Bonchev–Trinajstić information content (AvgIpc) is 2.45. The first kappa shape index (κ1) is 16.4. The van der Waals surface area contributed by atoms with Crippen LogP contribution in [0.1, 0.15) is 42.5 Å². The Hall–Kier alpha value is -1.94. The molecule has 0 amide bonds. The molecule has 0 saturated carbocycles. The van der Waals surface area contributed by atoms with Crippen molar-refractivity contribution < 1.29 is 9.90 Å². The first-order chi connectivity index (χ1) is 10.4. The minimum atomic E-state index is -0.857. The van der Waals surface area contributed by atoms with E-state index in [0.29, 0.717) is 23.4 Å². The maximum atomic E-state index is 11.7. The SMILES string of the molecule is CCCC(C(=O)O)c1c(C)nc(Cl)nc1-c1ccc(C)cc1. The molecule has 1 heterocycles. The van der Waals surface area contributed by atoms with E-state index in [4.69, 9.17) is 11.6 Å². The molecule has 0 spiro atoms. The Balaban J connectivity index is 2.66. The van der Waals surface area contributed by atoms with Crippen molar-refractivity contribution in [3.05, 3.63) is 46.4 Å². The van der Waals surface area contributed by atoms with E-state index in [1.165, 1.54) is 0 Å². The highest BCUT2D eigenvalue weighted by molar-refractivity contribution is 6.28. The maximum Gasteiger partial charge on any atom is 0.311 e. The molecule has 1 atom stereocenters. The number of rotatable bonds is 5. The highest BCUT2D eigenvalue weighted by Crippen LogP contribution is 2.33. The lowest BCUT2D eigenvalue weighted by Crippen LogP contribution is -2.16. The molecule has 1 aromatic carbocycles. The lowest BCUT2D eigenvalue weighted by atomic mass is 9.89. The minimum absolute atomic E-state index is 0.137.